The molecule has 0 radical (unpaired) electrons. The summed E-state index contributed by atoms with van der Waals surface area (Å²) in [5.41, 5.74) is 16.9. The molecular weight excluding hydrogens is 621 g/mol. The maximum atomic E-state index is 12.7. The van der Waals surface area contributed by atoms with Crippen LogP contribution in [0.4, 0.5) is 10.3 Å². The molecule has 2 amide bonds. The van der Waals surface area contributed by atoms with Crippen LogP contribution in [0.1, 0.15) is 31.8 Å². The van der Waals surface area contributed by atoms with Gasteiger partial charge in [0.1, 0.15) is 30.2 Å². The van der Waals surface area contributed by atoms with Crippen molar-refractivity contribution < 1.29 is 19.1 Å². The molecule has 2 heterocycles. The Hall–Kier alpha value is -5.46. The predicted octanol–water partition coefficient (Wildman–Crippen LogP) is 5.90. The number of benzene rings is 4. The number of nitrogen functional groups attached to an aromatic ring is 2. The summed E-state index contributed by atoms with van der Waals surface area (Å²) in [5, 5.41) is 8.62. The monoisotopic (exact) mass is 650 g/mol. The van der Waals surface area contributed by atoms with E-state index in [1.165, 1.54) is 22.7 Å². The largest absolute Gasteiger partial charge is 0.489 e. The number of para-hydroxylation sites is 1. The summed E-state index contributed by atoms with van der Waals surface area (Å²) in [6.07, 6.45) is 0. The third kappa shape index (κ3) is 7.60. The summed E-state index contributed by atoms with van der Waals surface area (Å²) in [7, 11) is 0. The van der Waals surface area contributed by atoms with Crippen LogP contribution in [0.3, 0.4) is 0 Å². The first kappa shape index (κ1) is 30.6. The molecule has 0 unspecified atom stereocenters. The number of hydrogen-bond acceptors (Lipinski definition) is 10. The number of carbonyl (C=O) groups excluding carboxylic acids is 2. The Balaban J connectivity index is 0.925. The molecule has 0 atom stereocenters. The molecule has 232 valence electrons. The molecule has 0 aliphatic rings. The van der Waals surface area contributed by atoms with Crippen LogP contribution in [0.5, 0.6) is 11.5 Å². The van der Waals surface area contributed by atoms with E-state index < -0.39 is 0 Å². The van der Waals surface area contributed by atoms with Crippen molar-refractivity contribution in [2.75, 3.05) is 24.6 Å². The van der Waals surface area contributed by atoms with Crippen LogP contribution < -0.4 is 31.6 Å². The number of ether oxygens (including phenoxy) is 2. The fraction of sp³-hybridized carbons (Fsp3) is 0.118. The second-order valence-corrected chi connectivity index (χ2v) is 12.2. The summed E-state index contributed by atoms with van der Waals surface area (Å²) in [4.78, 5) is 34.0. The van der Waals surface area contributed by atoms with Gasteiger partial charge >= 0.3 is 0 Å². The SMILES string of the molecule is Nc1nc(-c2ccc(OCc3cccc(C(=O)NCCNC(=O)c4ccc(COc5cccc6sc(N)nc56)cc4)c3)cc2)cs1. The Bertz CT molecular complexity index is 1970. The molecule has 0 aliphatic heterocycles. The number of nitrogens with two attached hydrogens (primary N) is 2. The van der Waals surface area contributed by atoms with Gasteiger partial charge in [0.25, 0.3) is 11.8 Å². The molecule has 10 nitrogen and oxygen atoms in total. The zero-order valence-electron chi connectivity index (χ0n) is 24.6. The minimum Gasteiger partial charge on any atom is -0.489 e. The summed E-state index contributed by atoms with van der Waals surface area (Å²) in [6.45, 7) is 1.20. The van der Waals surface area contributed by atoms with Crippen molar-refractivity contribution in [3.63, 3.8) is 0 Å². The van der Waals surface area contributed by atoms with Crippen molar-refractivity contribution in [2.45, 2.75) is 13.2 Å². The van der Waals surface area contributed by atoms with Gasteiger partial charge in [-0.3, -0.25) is 9.59 Å². The first-order valence-corrected chi connectivity index (χ1v) is 16.1. The van der Waals surface area contributed by atoms with Crippen LogP contribution in [0.25, 0.3) is 21.5 Å². The molecule has 6 N–H and O–H groups in total. The first-order chi connectivity index (χ1) is 22.4. The third-order valence-electron chi connectivity index (χ3n) is 6.97. The molecule has 12 heteroatoms. The Morgan fingerprint density at radius 1 is 0.717 bits per heavy atom. The molecule has 4 aromatic carbocycles. The van der Waals surface area contributed by atoms with E-state index in [0.717, 1.165) is 32.6 Å². The van der Waals surface area contributed by atoms with E-state index >= 15 is 0 Å². The minimum absolute atomic E-state index is 0.229. The third-order valence-corrected chi connectivity index (χ3v) is 8.50. The topological polar surface area (TPSA) is 154 Å². The standard InChI is InChI=1S/C34H30N6O4S2/c35-33-39-27(20-45-33)23-11-13-26(14-12-23)43-19-22-3-1-4-25(17-22)32(42)38-16-15-37-31(41)24-9-7-21(8-10-24)18-44-28-5-2-6-29-30(28)40-34(36)46-29/h1-14,17,20H,15-16,18-19H2,(H2,35,39)(H2,36,40)(H,37,41)(H,38,42). The van der Waals surface area contributed by atoms with E-state index in [9.17, 15) is 9.59 Å². The summed E-state index contributed by atoms with van der Waals surface area (Å²) in [5.74, 6) is 0.905. The molecule has 2 aromatic heterocycles. The van der Waals surface area contributed by atoms with Crippen LogP contribution >= 0.6 is 22.7 Å². The summed E-state index contributed by atoms with van der Waals surface area (Å²) >= 11 is 2.81. The maximum absolute atomic E-state index is 12.7. The second-order valence-electron chi connectivity index (χ2n) is 10.2. The molecule has 46 heavy (non-hydrogen) atoms. The average Bonchev–Trinajstić information content (AvgIpc) is 3.70. The predicted molar refractivity (Wildman–Crippen MR) is 182 cm³/mol. The fourth-order valence-electron chi connectivity index (χ4n) is 4.64. The van der Waals surface area contributed by atoms with Crippen LogP contribution in [0, 0.1) is 0 Å². The van der Waals surface area contributed by atoms with E-state index in [4.69, 9.17) is 20.9 Å². The number of nitrogens with one attached hydrogen (secondary N) is 2. The van der Waals surface area contributed by atoms with Gasteiger partial charge in [-0.15, -0.1) is 11.3 Å². The van der Waals surface area contributed by atoms with Crippen molar-refractivity contribution in [1.82, 2.24) is 20.6 Å². The number of aromatic nitrogens is 2. The van der Waals surface area contributed by atoms with Crippen molar-refractivity contribution in [3.8, 4) is 22.8 Å². The van der Waals surface area contributed by atoms with Gasteiger partial charge < -0.3 is 31.6 Å². The molecule has 0 aliphatic carbocycles. The summed E-state index contributed by atoms with van der Waals surface area (Å²) in [6, 6.07) is 27.8. The van der Waals surface area contributed by atoms with Crippen LogP contribution in [-0.4, -0.2) is 34.9 Å². The second kappa shape index (κ2) is 14.1. The molecule has 0 saturated carbocycles. The van der Waals surface area contributed by atoms with Gasteiger partial charge in [-0.05, 0) is 71.8 Å². The molecule has 0 spiro atoms. The van der Waals surface area contributed by atoms with Crippen molar-refractivity contribution in [2.24, 2.45) is 0 Å². The number of carbonyl (C=O) groups is 2. The van der Waals surface area contributed by atoms with Crippen LogP contribution in [-0.2, 0) is 13.2 Å². The minimum atomic E-state index is -0.233. The molecule has 6 aromatic rings. The molecule has 6 rings (SSSR count). The van der Waals surface area contributed by atoms with Gasteiger partial charge in [0.15, 0.2) is 10.3 Å². The lowest BCUT2D eigenvalue weighted by Crippen LogP contribution is -2.34. The first-order valence-electron chi connectivity index (χ1n) is 14.4. The van der Waals surface area contributed by atoms with Gasteiger partial charge in [0.05, 0.1) is 10.4 Å². The Labute approximate surface area is 273 Å². The smallest absolute Gasteiger partial charge is 0.251 e. The number of rotatable bonds is 12. The quantitative estimate of drug-likeness (QED) is 0.119. The van der Waals surface area contributed by atoms with Crippen molar-refractivity contribution >= 4 is 55.0 Å². The van der Waals surface area contributed by atoms with Crippen LogP contribution in [0.15, 0.2) is 96.4 Å². The summed E-state index contributed by atoms with van der Waals surface area (Å²) < 4.78 is 12.8. The molecule has 0 saturated heterocycles. The Kier molecular flexibility index (Phi) is 9.37. The van der Waals surface area contributed by atoms with Gasteiger partial charge in [0.2, 0.25) is 0 Å². The lowest BCUT2D eigenvalue weighted by atomic mass is 10.1. The zero-order chi connectivity index (χ0) is 31.9. The molecule has 0 bridgehead atoms. The highest BCUT2D eigenvalue weighted by atomic mass is 32.1. The Morgan fingerprint density at radius 2 is 1.43 bits per heavy atom. The molecular formula is C34H30N6O4S2. The van der Waals surface area contributed by atoms with Gasteiger partial charge in [0, 0.05) is 35.2 Å². The van der Waals surface area contributed by atoms with Gasteiger partial charge in [-0.1, -0.05) is 41.7 Å². The lowest BCUT2D eigenvalue weighted by Gasteiger charge is -2.10. The number of thiazole rings is 2. The van der Waals surface area contributed by atoms with Gasteiger partial charge in [-0.2, -0.15) is 0 Å². The number of nitrogens with zero attached hydrogens (tertiary/aromatic N) is 2. The molecule has 0 fully saturated rings. The number of hydrogen-bond donors (Lipinski definition) is 4. The van der Waals surface area contributed by atoms with Gasteiger partial charge in [-0.25, -0.2) is 9.97 Å². The highest BCUT2D eigenvalue weighted by Crippen LogP contribution is 2.31. The van der Waals surface area contributed by atoms with Crippen molar-refractivity contribution in [3.05, 3.63) is 119 Å². The van der Waals surface area contributed by atoms with E-state index in [0.29, 0.717) is 46.1 Å². The van der Waals surface area contributed by atoms with E-state index in [1.807, 2.05) is 72.1 Å². The number of amides is 2. The number of anilines is 2. The van der Waals surface area contributed by atoms with E-state index in [2.05, 4.69) is 20.6 Å². The maximum Gasteiger partial charge on any atom is 0.251 e. The highest BCUT2D eigenvalue weighted by Gasteiger charge is 2.11. The van der Waals surface area contributed by atoms with Crippen molar-refractivity contribution in [1.29, 1.82) is 0 Å². The fourth-order valence-corrected chi connectivity index (χ4v) is 5.96. The van der Waals surface area contributed by atoms with E-state index in [1.54, 1.807) is 24.3 Å². The lowest BCUT2D eigenvalue weighted by molar-refractivity contribution is 0.0927. The van der Waals surface area contributed by atoms with Crippen LogP contribution in [0.2, 0.25) is 0 Å². The van der Waals surface area contributed by atoms with E-state index in [-0.39, 0.29) is 24.9 Å². The zero-order valence-corrected chi connectivity index (χ0v) is 26.2. The highest BCUT2D eigenvalue weighted by molar-refractivity contribution is 7.22. The number of fused-ring (bicyclic) bond motifs is 1. The normalized spacial score (nSPS) is 10.9. The average molecular weight is 651 g/mol. The Morgan fingerprint density at radius 3 is 2.17 bits per heavy atom.